The Bertz CT molecular complexity index is 1440. The Hall–Kier alpha value is -4.34. The van der Waals surface area contributed by atoms with E-state index in [-0.39, 0.29) is 17.5 Å². The van der Waals surface area contributed by atoms with E-state index in [4.69, 9.17) is 0 Å². The van der Waals surface area contributed by atoms with E-state index in [2.05, 4.69) is 25.3 Å². The number of nitrogens with one attached hydrogen (secondary N) is 3. The zero-order chi connectivity index (χ0) is 26.7. The lowest BCUT2D eigenvalue weighted by Gasteiger charge is -2.22. The molecule has 4 aromatic rings. The molecule has 0 bridgehead atoms. The molecule has 1 aliphatic rings. The van der Waals surface area contributed by atoms with Crippen LogP contribution >= 0.6 is 0 Å². The minimum atomic E-state index is -4.79. The van der Waals surface area contributed by atoms with Crippen LogP contribution in [-0.4, -0.2) is 34.2 Å². The van der Waals surface area contributed by atoms with E-state index in [1.54, 1.807) is 36.4 Å². The van der Waals surface area contributed by atoms with Crippen molar-refractivity contribution >= 4 is 28.5 Å². The van der Waals surface area contributed by atoms with Gasteiger partial charge in [-0.25, -0.2) is 4.98 Å². The second-order valence-corrected chi connectivity index (χ2v) is 9.23. The third-order valence-electron chi connectivity index (χ3n) is 6.45. The van der Waals surface area contributed by atoms with Gasteiger partial charge in [0.15, 0.2) is 0 Å². The second kappa shape index (κ2) is 10.6. The zero-order valence-electron chi connectivity index (χ0n) is 20.3. The van der Waals surface area contributed by atoms with Crippen LogP contribution < -0.4 is 15.4 Å². The number of benzene rings is 3. The number of alkyl halides is 3. The van der Waals surface area contributed by atoms with Crippen LogP contribution in [-0.2, 0) is 0 Å². The van der Waals surface area contributed by atoms with Crippen molar-refractivity contribution in [1.82, 2.24) is 15.3 Å². The number of imidazole rings is 1. The summed E-state index contributed by atoms with van der Waals surface area (Å²) in [5, 5.41) is 5.83. The highest BCUT2D eigenvalue weighted by atomic mass is 19.4. The topological polar surface area (TPSA) is 96.1 Å². The summed E-state index contributed by atoms with van der Waals surface area (Å²) in [4.78, 5) is 33.0. The number of carbonyl (C=O) groups excluding carboxylic acids is 2. The van der Waals surface area contributed by atoms with E-state index < -0.39 is 18.0 Å². The van der Waals surface area contributed by atoms with Crippen LogP contribution in [0.1, 0.15) is 52.8 Å². The lowest BCUT2D eigenvalue weighted by molar-refractivity contribution is -0.274. The first-order valence-corrected chi connectivity index (χ1v) is 12.3. The van der Waals surface area contributed by atoms with Crippen molar-refractivity contribution in [2.24, 2.45) is 0 Å². The minimum Gasteiger partial charge on any atom is -0.406 e. The Kier molecular flexibility index (Phi) is 7.04. The van der Waals surface area contributed by atoms with Crippen molar-refractivity contribution < 1.29 is 27.5 Å². The highest BCUT2D eigenvalue weighted by Gasteiger charge is 2.31. The summed E-state index contributed by atoms with van der Waals surface area (Å²) in [6, 6.07) is 17.2. The molecule has 3 N–H and O–H groups in total. The molecule has 3 aromatic carbocycles. The number of amides is 2. The molecule has 196 valence electrons. The maximum Gasteiger partial charge on any atom is 0.573 e. The number of H-pyrrole nitrogens is 1. The summed E-state index contributed by atoms with van der Waals surface area (Å²) < 4.78 is 40.7. The smallest absolute Gasteiger partial charge is 0.406 e. The molecular weight excluding hydrogens is 497 g/mol. The molecule has 1 aromatic heterocycles. The van der Waals surface area contributed by atoms with Gasteiger partial charge in [0.25, 0.3) is 11.8 Å². The average molecular weight is 523 g/mol. The maximum absolute atomic E-state index is 12.7. The van der Waals surface area contributed by atoms with Gasteiger partial charge in [-0.3, -0.25) is 9.59 Å². The summed E-state index contributed by atoms with van der Waals surface area (Å²) in [5.74, 6) is -0.346. The fourth-order valence-electron chi connectivity index (χ4n) is 4.53. The van der Waals surface area contributed by atoms with Gasteiger partial charge in [-0.05, 0) is 79.6 Å². The number of aromatic amines is 1. The first-order valence-electron chi connectivity index (χ1n) is 12.3. The van der Waals surface area contributed by atoms with Crippen LogP contribution in [0.15, 0.2) is 66.7 Å². The van der Waals surface area contributed by atoms with Crippen molar-refractivity contribution in [3.05, 3.63) is 77.9 Å². The van der Waals surface area contributed by atoms with Crippen LogP contribution in [0.2, 0.25) is 0 Å². The van der Waals surface area contributed by atoms with E-state index in [1.807, 2.05) is 6.07 Å². The van der Waals surface area contributed by atoms with Crippen LogP contribution in [0.25, 0.3) is 22.4 Å². The summed E-state index contributed by atoms with van der Waals surface area (Å²) in [6.45, 7) is 0. The summed E-state index contributed by atoms with van der Waals surface area (Å²) in [7, 11) is 0. The van der Waals surface area contributed by atoms with Gasteiger partial charge in [0, 0.05) is 28.4 Å². The molecule has 10 heteroatoms. The minimum absolute atomic E-state index is 0.0856. The number of rotatable bonds is 6. The molecule has 38 heavy (non-hydrogen) atoms. The monoisotopic (exact) mass is 522 g/mol. The first kappa shape index (κ1) is 25.3. The SMILES string of the molecule is O=C(Nc1ccc(-c2nc3ccc(C(=O)NC4CCCCC4)cc3[nH]2)cc1)c1ccc(OC(F)(F)F)cc1. The molecule has 2 amide bonds. The number of anilines is 1. The number of fused-ring (bicyclic) bond motifs is 1. The molecule has 1 saturated carbocycles. The Morgan fingerprint density at radius 3 is 2.24 bits per heavy atom. The van der Waals surface area contributed by atoms with Crippen LogP contribution in [0, 0.1) is 0 Å². The standard InChI is InChI=1S/C28H25F3N4O3/c29-28(30,31)38-22-13-8-18(9-14-22)26(36)33-21-11-6-17(7-12-21)25-34-23-15-10-19(16-24(23)35-25)27(37)32-20-4-2-1-3-5-20/h6-16,20H,1-5H2,(H,32,37)(H,33,36)(H,34,35). The van der Waals surface area contributed by atoms with Gasteiger partial charge in [0.1, 0.15) is 11.6 Å². The van der Waals surface area contributed by atoms with E-state index in [0.717, 1.165) is 54.4 Å². The van der Waals surface area contributed by atoms with Crippen LogP contribution in [0.4, 0.5) is 18.9 Å². The van der Waals surface area contributed by atoms with Crippen molar-refractivity contribution in [2.45, 2.75) is 44.5 Å². The molecule has 0 saturated heterocycles. The number of aromatic nitrogens is 2. The third kappa shape index (κ3) is 6.13. The predicted octanol–water partition coefficient (Wildman–Crippen LogP) is 6.44. The maximum atomic E-state index is 12.7. The normalized spacial score (nSPS) is 14.3. The molecule has 1 aliphatic carbocycles. The molecule has 0 spiro atoms. The van der Waals surface area contributed by atoms with Gasteiger partial charge >= 0.3 is 6.36 Å². The molecule has 1 heterocycles. The molecule has 7 nitrogen and oxygen atoms in total. The highest BCUT2D eigenvalue weighted by molar-refractivity contribution is 6.04. The number of carbonyl (C=O) groups is 2. The van der Waals surface area contributed by atoms with Crippen LogP contribution in [0.3, 0.4) is 0 Å². The van der Waals surface area contributed by atoms with Gasteiger partial charge in [-0.2, -0.15) is 0 Å². The van der Waals surface area contributed by atoms with E-state index in [0.29, 0.717) is 17.1 Å². The predicted molar refractivity (Wildman–Crippen MR) is 137 cm³/mol. The van der Waals surface area contributed by atoms with E-state index in [1.165, 1.54) is 18.6 Å². The Morgan fingerprint density at radius 2 is 1.55 bits per heavy atom. The Balaban J connectivity index is 1.24. The van der Waals surface area contributed by atoms with Gasteiger partial charge in [0.05, 0.1) is 11.0 Å². The summed E-state index contributed by atoms with van der Waals surface area (Å²) >= 11 is 0. The molecule has 1 fully saturated rings. The number of halogens is 3. The Morgan fingerprint density at radius 1 is 0.868 bits per heavy atom. The summed E-state index contributed by atoms with van der Waals surface area (Å²) in [5.41, 5.74) is 3.52. The fourth-order valence-corrected chi connectivity index (χ4v) is 4.53. The second-order valence-electron chi connectivity index (χ2n) is 9.23. The highest BCUT2D eigenvalue weighted by Crippen LogP contribution is 2.25. The molecule has 0 atom stereocenters. The fraction of sp³-hybridized carbons (Fsp3) is 0.250. The lowest BCUT2D eigenvalue weighted by atomic mass is 9.95. The van der Waals surface area contributed by atoms with Gasteiger partial charge < -0.3 is 20.4 Å². The molecule has 0 aliphatic heterocycles. The molecule has 5 rings (SSSR count). The summed E-state index contributed by atoms with van der Waals surface area (Å²) in [6.07, 6.45) is 0.746. The quantitative estimate of drug-likeness (QED) is 0.271. The third-order valence-corrected chi connectivity index (χ3v) is 6.45. The van der Waals surface area contributed by atoms with Crippen molar-refractivity contribution in [1.29, 1.82) is 0 Å². The molecule has 0 unspecified atom stereocenters. The lowest BCUT2D eigenvalue weighted by Crippen LogP contribution is -2.36. The number of hydrogen-bond acceptors (Lipinski definition) is 4. The average Bonchev–Trinajstić information content (AvgIpc) is 3.33. The van der Waals surface area contributed by atoms with Crippen molar-refractivity contribution in [3.8, 4) is 17.1 Å². The number of ether oxygens (including phenoxy) is 1. The molecule has 0 radical (unpaired) electrons. The number of nitrogens with zero attached hydrogens (tertiary/aromatic N) is 1. The molecular formula is C28H25F3N4O3. The van der Waals surface area contributed by atoms with Gasteiger partial charge in [0.2, 0.25) is 0 Å². The van der Waals surface area contributed by atoms with Crippen molar-refractivity contribution in [2.75, 3.05) is 5.32 Å². The first-order chi connectivity index (χ1) is 18.2. The van der Waals surface area contributed by atoms with Crippen molar-refractivity contribution in [3.63, 3.8) is 0 Å². The largest absolute Gasteiger partial charge is 0.573 e. The van der Waals surface area contributed by atoms with Gasteiger partial charge in [-0.15, -0.1) is 13.2 Å². The van der Waals surface area contributed by atoms with Gasteiger partial charge in [-0.1, -0.05) is 19.3 Å². The zero-order valence-corrected chi connectivity index (χ0v) is 20.3. The van der Waals surface area contributed by atoms with E-state index >= 15 is 0 Å². The number of hydrogen-bond donors (Lipinski definition) is 3. The Labute approximate surface area is 216 Å². The van der Waals surface area contributed by atoms with E-state index in [9.17, 15) is 22.8 Å². The van der Waals surface area contributed by atoms with Crippen LogP contribution in [0.5, 0.6) is 5.75 Å².